The van der Waals surface area contributed by atoms with E-state index in [-0.39, 0.29) is 6.10 Å². The summed E-state index contributed by atoms with van der Waals surface area (Å²) in [5, 5.41) is 10.3. The highest BCUT2D eigenvalue weighted by molar-refractivity contribution is 7.98. The summed E-state index contributed by atoms with van der Waals surface area (Å²) in [6.07, 6.45) is 1.87. The summed E-state index contributed by atoms with van der Waals surface area (Å²) in [5.74, 6) is 2.67. The summed E-state index contributed by atoms with van der Waals surface area (Å²) in [7, 11) is 0. The molecule has 2 aliphatic heterocycles. The zero-order valence-electron chi connectivity index (χ0n) is 9.15. The zero-order chi connectivity index (χ0) is 11.0. The molecule has 0 saturated carbocycles. The Morgan fingerprint density at radius 2 is 2.44 bits per heavy atom. The monoisotopic (exact) mass is 256 g/mol. The Balaban J connectivity index is 1.80. The lowest BCUT2D eigenvalue weighted by atomic mass is 10.0. The molecule has 88 valence electrons. The molecule has 1 saturated heterocycles. The van der Waals surface area contributed by atoms with E-state index in [9.17, 15) is 5.11 Å². The first-order valence-corrected chi connectivity index (χ1v) is 7.77. The van der Waals surface area contributed by atoms with Crippen LogP contribution in [-0.2, 0) is 16.9 Å². The Morgan fingerprint density at radius 1 is 1.50 bits per heavy atom. The predicted molar refractivity (Wildman–Crippen MR) is 68.1 cm³/mol. The summed E-state index contributed by atoms with van der Waals surface area (Å²) in [5.41, 5.74) is 1.45. The lowest BCUT2D eigenvalue weighted by Gasteiger charge is -2.14. The summed E-state index contributed by atoms with van der Waals surface area (Å²) >= 11 is 3.81. The van der Waals surface area contributed by atoms with Crippen LogP contribution in [0.15, 0.2) is 6.07 Å². The Labute approximate surface area is 104 Å². The van der Waals surface area contributed by atoms with Crippen LogP contribution in [0.25, 0.3) is 0 Å². The van der Waals surface area contributed by atoms with Crippen LogP contribution >= 0.6 is 23.1 Å². The van der Waals surface area contributed by atoms with Crippen LogP contribution in [0, 0.1) is 5.92 Å². The highest BCUT2D eigenvalue weighted by atomic mass is 32.2. The largest absolute Gasteiger partial charge is 0.387 e. The number of fused-ring (bicyclic) bond motifs is 1. The van der Waals surface area contributed by atoms with E-state index in [0.29, 0.717) is 5.92 Å². The number of aliphatic hydroxyl groups excluding tert-OH is 1. The maximum absolute atomic E-state index is 10.3. The van der Waals surface area contributed by atoms with E-state index >= 15 is 0 Å². The second-order valence-electron chi connectivity index (χ2n) is 4.47. The molecule has 0 aromatic carbocycles. The molecular weight excluding hydrogens is 240 g/mol. The van der Waals surface area contributed by atoms with Crippen molar-refractivity contribution in [1.29, 1.82) is 0 Å². The average molecular weight is 256 g/mol. The molecule has 1 fully saturated rings. The van der Waals surface area contributed by atoms with Crippen LogP contribution in [0.3, 0.4) is 0 Å². The van der Waals surface area contributed by atoms with Gasteiger partial charge in [-0.3, -0.25) is 0 Å². The van der Waals surface area contributed by atoms with Gasteiger partial charge in [0.25, 0.3) is 0 Å². The third-order valence-corrected chi connectivity index (χ3v) is 5.67. The summed E-state index contributed by atoms with van der Waals surface area (Å²) in [4.78, 5) is 2.65. The number of hydrogen-bond donors (Lipinski definition) is 1. The van der Waals surface area contributed by atoms with Gasteiger partial charge in [-0.05, 0) is 30.2 Å². The fourth-order valence-corrected chi connectivity index (χ4v) is 4.81. The Morgan fingerprint density at radius 3 is 3.19 bits per heavy atom. The van der Waals surface area contributed by atoms with Gasteiger partial charge in [0.2, 0.25) is 0 Å². The highest BCUT2D eigenvalue weighted by Gasteiger charge is 2.27. The van der Waals surface area contributed by atoms with Crippen LogP contribution in [0.5, 0.6) is 0 Å². The minimum Gasteiger partial charge on any atom is -0.387 e. The lowest BCUT2D eigenvalue weighted by Crippen LogP contribution is -2.10. The molecule has 2 atom stereocenters. The molecule has 0 amide bonds. The van der Waals surface area contributed by atoms with Crippen molar-refractivity contribution in [1.82, 2.24) is 0 Å². The number of thioether (sulfide) groups is 1. The van der Waals surface area contributed by atoms with E-state index in [1.807, 2.05) is 23.1 Å². The van der Waals surface area contributed by atoms with Crippen LogP contribution in [0.1, 0.15) is 27.8 Å². The van der Waals surface area contributed by atoms with Crippen molar-refractivity contribution in [3.05, 3.63) is 21.4 Å². The minimum absolute atomic E-state index is 0.303. The zero-order valence-corrected chi connectivity index (χ0v) is 10.8. The molecule has 2 nitrogen and oxygen atoms in total. The second kappa shape index (κ2) is 4.69. The molecule has 2 unspecified atom stereocenters. The minimum atomic E-state index is -0.303. The third-order valence-electron chi connectivity index (χ3n) is 3.35. The van der Waals surface area contributed by atoms with Gasteiger partial charge >= 0.3 is 0 Å². The molecule has 3 heterocycles. The molecule has 1 N–H and O–H groups in total. The fourth-order valence-electron chi connectivity index (χ4n) is 2.35. The highest BCUT2D eigenvalue weighted by Crippen LogP contribution is 2.38. The van der Waals surface area contributed by atoms with Crippen molar-refractivity contribution in [2.45, 2.75) is 24.7 Å². The molecule has 2 aliphatic rings. The van der Waals surface area contributed by atoms with Crippen molar-refractivity contribution in [3.63, 3.8) is 0 Å². The number of ether oxygens (including phenoxy) is 1. The van der Waals surface area contributed by atoms with Gasteiger partial charge < -0.3 is 9.84 Å². The number of thiophene rings is 1. The lowest BCUT2D eigenvalue weighted by molar-refractivity contribution is 0.0944. The SMILES string of the molecule is OC(c1cc2c(s1)CCSC2)C1CCOC1. The van der Waals surface area contributed by atoms with Crippen molar-refractivity contribution >= 4 is 23.1 Å². The van der Waals surface area contributed by atoms with Gasteiger partial charge in [0.15, 0.2) is 0 Å². The van der Waals surface area contributed by atoms with Gasteiger partial charge in [0, 0.05) is 28.0 Å². The van der Waals surface area contributed by atoms with Gasteiger partial charge in [-0.15, -0.1) is 11.3 Å². The second-order valence-corrected chi connectivity index (χ2v) is 6.74. The topological polar surface area (TPSA) is 29.5 Å². The number of aryl methyl sites for hydroxylation is 1. The van der Waals surface area contributed by atoms with E-state index in [1.165, 1.54) is 22.6 Å². The third kappa shape index (κ3) is 2.04. The van der Waals surface area contributed by atoms with Crippen LogP contribution in [0.4, 0.5) is 0 Å². The molecule has 4 heteroatoms. The van der Waals surface area contributed by atoms with Crippen LogP contribution < -0.4 is 0 Å². The predicted octanol–water partition coefficient (Wildman–Crippen LogP) is 2.61. The quantitative estimate of drug-likeness (QED) is 0.882. The maximum atomic E-state index is 10.3. The molecule has 0 bridgehead atoms. The van der Waals surface area contributed by atoms with Gasteiger partial charge in [-0.1, -0.05) is 0 Å². The molecule has 0 radical (unpaired) electrons. The van der Waals surface area contributed by atoms with Crippen LogP contribution in [0.2, 0.25) is 0 Å². The van der Waals surface area contributed by atoms with E-state index in [0.717, 1.165) is 30.3 Å². The molecule has 1 aromatic rings. The van der Waals surface area contributed by atoms with E-state index in [1.54, 1.807) is 0 Å². The molecule has 16 heavy (non-hydrogen) atoms. The summed E-state index contributed by atoms with van der Waals surface area (Å²) < 4.78 is 5.34. The van der Waals surface area contributed by atoms with E-state index < -0.39 is 0 Å². The normalized spacial score (nSPS) is 26.7. The number of aliphatic hydroxyl groups is 1. The fraction of sp³-hybridized carbons (Fsp3) is 0.667. The number of rotatable bonds is 2. The number of hydrogen-bond acceptors (Lipinski definition) is 4. The van der Waals surface area contributed by atoms with Crippen molar-refractivity contribution in [2.75, 3.05) is 19.0 Å². The van der Waals surface area contributed by atoms with Crippen molar-refractivity contribution in [3.8, 4) is 0 Å². The van der Waals surface area contributed by atoms with Gasteiger partial charge in [0.05, 0.1) is 12.7 Å². The molecule has 0 aliphatic carbocycles. The van der Waals surface area contributed by atoms with Crippen molar-refractivity contribution < 1.29 is 9.84 Å². The maximum Gasteiger partial charge on any atom is 0.0933 e. The van der Waals surface area contributed by atoms with E-state index in [4.69, 9.17) is 4.74 Å². The standard InChI is InChI=1S/C12H16O2S2/c13-12(8-1-3-14-6-8)11-5-9-7-15-4-2-10(9)16-11/h5,8,12-13H,1-4,6-7H2. The Bertz CT molecular complexity index is 346. The van der Waals surface area contributed by atoms with Crippen molar-refractivity contribution in [2.24, 2.45) is 5.92 Å². The Kier molecular flexibility index (Phi) is 3.25. The smallest absolute Gasteiger partial charge is 0.0933 e. The average Bonchev–Trinajstić information content (AvgIpc) is 2.97. The molecular formula is C12H16O2S2. The van der Waals surface area contributed by atoms with Crippen LogP contribution in [-0.4, -0.2) is 24.1 Å². The first kappa shape index (κ1) is 11.1. The Hall–Kier alpha value is -0.0300. The summed E-state index contributed by atoms with van der Waals surface area (Å²) in [6.45, 7) is 1.53. The van der Waals surface area contributed by atoms with E-state index in [2.05, 4.69) is 6.07 Å². The first-order valence-electron chi connectivity index (χ1n) is 5.79. The van der Waals surface area contributed by atoms with Gasteiger partial charge in [-0.25, -0.2) is 0 Å². The van der Waals surface area contributed by atoms with Gasteiger partial charge in [0.1, 0.15) is 0 Å². The molecule has 1 aromatic heterocycles. The van der Waals surface area contributed by atoms with Gasteiger partial charge in [-0.2, -0.15) is 11.8 Å². The summed E-state index contributed by atoms with van der Waals surface area (Å²) in [6, 6.07) is 2.22. The first-order chi connectivity index (χ1) is 7.84. The molecule has 0 spiro atoms. The molecule has 3 rings (SSSR count).